The Kier molecular flexibility index (Phi) is 4.71. The van der Waals surface area contributed by atoms with E-state index in [9.17, 15) is 22.0 Å². The van der Waals surface area contributed by atoms with Gasteiger partial charge in [-0.2, -0.15) is 4.39 Å². The Hall–Kier alpha value is -1.57. The topological polar surface area (TPSA) is 76.1 Å². The number of pyridine rings is 1. The minimum absolute atomic E-state index is 0.0648. The van der Waals surface area contributed by atoms with Crippen LogP contribution in [0.4, 0.5) is 8.78 Å². The Morgan fingerprint density at radius 1 is 1.44 bits per heavy atom. The molecule has 0 bridgehead atoms. The molecule has 100 valence electrons. The fourth-order valence-corrected chi connectivity index (χ4v) is 1.89. The maximum atomic E-state index is 13.2. The summed E-state index contributed by atoms with van der Waals surface area (Å²) in [4.78, 5) is 14.5. The molecular weight excluding hydrogens is 266 g/mol. The molecule has 1 heterocycles. The third-order valence-corrected chi connectivity index (χ3v) is 3.10. The molecule has 0 saturated heterocycles. The largest absolute Gasteiger partial charge is 0.352 e. The van der Waals surface area contributed by atoms with Gasteiger partial charge in [0, 0.05) is 19.0 Å². The first-order valence-corrected chi connectivity index (χ1v) is 7.13. The van der Waals surface area contributed by atoms with Gasteiger partial charge in [-0.25, -0.2) is 17.8 Å². The summed E-state index contributed by atoms with van der Waals surface area (Å²) in [5.41, 5.74) is -0.457. The highest BCUT2D eigenvalue weighted by Crippen LogP contribution is 2.08. The van der Waals surface area contributed by atoms with Gasteiger partial charge >= 0.3 is 0 Å². The molecule has 0 aromatic carbocycles. The predicted octanol–water partition coefficient (Wildman–Crippen LogP) is 0.524. The lowest BCUT2D eigenvalue weighted by molar-refractivity contribution is 0.0948. The molecule has 0 aliphatic carbocycles. The van der Waals surface area contributed by atoms with Gasteiger partial charge in [0.2, 0.25) is 5.95 Å². The zero-order valence-electron chi connectivity index (χ0n) is 9.61. The highest BCUT2D eigenvalue weighted by molar-refractivity contribution is 7.90. The maximum absolute atomic E-state index is 13.2. The number of hydrogen-bond donors (Lipinski definition) is 1. The second-order valence-electron chi connectivity index (χ2n) is 3.70. The number of rotatable bonds is 5. The molecule has 0 atom stereocenters. The Morgan fingerprint density at radius 2 is 2.11 bits per heavy atom. The second kappa shape index (κ2) is 5.85. The van der Waals surface area contributed by atoms with Crippen molar-refractivity contribution in [3.05, 3.63) is 29.6 Å². The van der Waals surface area contributed by atoms with Crippen molar-refractivity contribution in [1.82, 2.24) is 10.3 Å². The van der Waals surface area contributed by atoms with Crippen molar-refractivity contribution in [2.45, 2.75) is 6.42 Å². The summed E-state index contributed by atoms with van der Waals surface area (Å²) in [6.07, 6.45) is 2.26. The molecule has 1 aromatic heterocycles. The van der Waals surface area contributed by atoms with Gasteiger partial charge in [-0.05, 0) is 12.5 Å². The fourth-order valence-electron chi connectivity index (χ4n) is 1.23. The van der Waals surface area contributed by atoms with Crippen molar-refractivity contribution in [2.24, 2.45) is 0 Å². The highest BCUT2D eigenvalue weighted by Gasteiger charge is 2.15. The Labute approximate surface area is 103 Å². The number of halogens is 2. The number of carbonyl (C=O) groups excluding carboxylic acids is 1. The number of carbonyl (C=O) groups is 1. The second-order valence-corrected chi connectivity index (χ2v) is 5.96. The SMILES string of the molecule is CS(=O)(=O)CCCNC(=O)c1ccnc(F)c1F. The van der Waals surface area contributed by atoms with E-state index in [2.05, 4.69) is 10.3 Å². The van der Waals surface area contributed by atoms with Crippen LogP contribution in [0, 0.1) is 11.8 Å². The third kappa shape index (κ3) is 4.36. The van der Waals surface area contributed by atoms with Crippen molar-refractivity contribution < 1.29 is 22.0 Å². The zero-order valence-corrected chi connectivity index (χ0v) is 10.4. The average molecular weight is 278 g/mol. The van der Waals surface area contributed by atoms with Crippen LogP contribution in [0.3, 0.4) is 0 Å². The third-order valence-electron chi connectivity index (χ3n) is 2.07. The Balaban J connectivity index is 2.54. The van der Waals surface area contributed by atoms with Crippen LogP contribution in [0.5, 0.6) is 0 Å². The number of nitrogens with zero attached hydrogens (tertiary/aromatic N) is 1. The molecule has 0 fully saturated rings. The lowest BCUT2D eigenvalue weighted by atomic mass is 10.2. The molecule has 0 aliphatic rings. The van der Waals surface area contributed by atoms with Gasteiger partial charge in [0.05, 0.1) is 11.3 Å². The van der Waals surface area contributed by atoms with Crippen LogP contribution < -0.4 is 5.32 Å². The first-order valence-electron chi connectivity index (χ1n) is 5.07. The number of aromatic nitrogens is 1. The van der Waals surface area contributed by atoms with Crippen LogP contribution in [0.15, 0.2) is 12.3 Å². The van der Waals surface area contributed by atoms with Crippen LogP contribution in [-0.4, -0.2) is 37.9 Å². The number of nitrogens with one attached hydrogen (secondary N) is 1. The Bertz CT molecular complexity index is 546. The van der Waals surface area contributed by atoms with Crippen LogP contribution in [0.2, 0.25) is 0 Å². The first-order chi connectivity index (χ1) is 8.31. The standard InChI is InChI=1S/C10H12F2N2O3S/c1-18(16,17)6-2-4-14-10(15)7-3-5-13-9(12)8(7)11/h3,5H,2,4,6H2,1H3,(H,14,15). The molecule has 1 rings (SSSR count). The van der Waals surface area contributed by atoms with Crippen LogP contribution in [-0.2, 0) is 9.84 Å². The predicted molar refractivity (Wildman–Crippen MR) is 60.8 cm³/mol. The number of sulfone groups is 1. The van der Waals surface area contributed by atoms with Gasteiger partial charge in [0.1, 0.15) is 9.84 Å². The molecule has 1 amide bonds. The lowest BCUT2D eigenvalue weighted by Crippen LogP contribution is -2.27. The minimum Gasteiger partial charge on any atom is -0.352 e. The van der Waals surface area contributed by atoms with Crippen molar-refractivity contribution >= 4 is 15.7 Å². The van der Waals surface area contributed by atoms with Gasteiger partial charge in [-0.1, -0.05) is 0 Å². The summed E-state index contributed by atoms with van der Waals surface area (Å²) in [6.45, 7) is 0.0648. The number of hydrogen-bond acceptors (Lipinski definition) is 4. The molecule has 8 heteroatoms. The van der Waals surface area contributed by atoms with E-state index in [0.29, 0.717) is 0 Å². The van der Waals surface area contributed by atoms with E-state index in [1.807, 2.05) is 0 Å². The summed E-state index contributed by atoms with van der Waals surface area (Å²) in [5.74, 6) is -3.56. The average Bonchev–Trinajstić information content (AvgIpc) is 2.26. The van der Waals surface area contributed by atoms with E-state index in [4.69, 9.17) is 0 Å². The minimum atomic E-state index is -3.10. The molecule has 0 saturated carbocycles. The lowest BCUT2D eigenvalue weighted by Gasteiger charge is -2.05. The van der Waals surface area contributed by atoms with Crippen LogP contribution in [0.1, 0.15) is 16.8 Å². The number of amides is 1. The van der Waals surface area contributed by atoms with Gasteiger partial charge in [-0.3, -0.25) is 4.79 Å². The van der Waals surface area contributed by atoms with Crippen molar-refractivity contribution in [2.75, 3.05) is 18.6 Å². The van der Waals surface area contributed by atoms with Gasteiger partial charge < -0.3 is 5.32 Å². The van der Waals surface area contributed by atoms with Crippen molar-refractivity contribution in [3.8, 4) is 0 Å². The molecule has 18 heavy (non-hydrogen) atoms. The van der Waals surface area contributed by atoms with E-state index in [-0.39, 0.29) is 18.7 Å². The molecule has 5 nitrogen and oxygen atoms in total. The summed E-state index contributed by atoms with van der Waals surface area (Å²) < 4.78 is 47.5. The Morgan fingerprint density at radius 3 is 2.72 bits per heavy atom. The maximum Gasteiger partial charge on any atom is 0.254 e. The van der Waals surface area contributed by atoms with Gasteiger partial charge in [-0.15, -0.1) is 0 Å². The zero-order chi connectivity index (χ0) is 13.8. The monoisotopic (exact) mass is 278 g/mol. The van der Waals surface area contributed by atoms with Crippen LogP contribution in [0.25, 0.3) is 0 Å². The van der Waals surface area contributed by atoms with Crippen LogP contribution >= 0.6 is 0 Å². The molecule has 1 N–H and O–H groups in total. The van der Waals surface area contributed by atoms with E-state index in [0.717, 1.165) is 18.5 Å². The summed E-state index contributed by atoms with van der Waals surface area (Å²) >= 11 is 0. The van der Waals surface area contributed by atoms with E-state index < -0.39 is 33.1 Å². The summed E-state index contributed by atoms with van der Waals surface area (Å²) in [7, 11) is -3.10. The first kappa shape index (κ1) is 14.5. The van der Waals surface area contributed by atoms with E-state index >= 15 is 0 Å². The molecule has 0 radical (unpaired) electrons. The normalized spacial score (nSPS) is 11.3. The fraction of sp³-hybridized carbons (Fsp3) is 0.400. The molecular formula is C10H12F2N2O3S. The summed E-state index contributed by atoms with van der Waals surface area (Å²) in [5, 5.41) is 2.30. The molecule has 0 aliphatic heterocycles. The molecule has 0 unspecified atom stereocenters. The van der Waals surface area contributed by atoms with Gasteiger partial charge in [0.25, 0.3) is 5.91 Å². The van der Waals surface area contributed by atoms with Crippen molar-refractivity contribution in [3.63, 3.8) is 0 Å². The summed E-state index contributed by atoms with van der Waals surface area (Å²) in [6, 6.07) is 1.05. The van der Waals surface area contributed by atoms with Gasteiger partial charge in [0.15, 0.2) is 5.82 Å². The highest BCUT2D eigenvalue weighted by atomic mass is 32.2. The van der Waals surface area contributed by atoms with E-state index in [1.165, 1.54) is 0 Å². The molecule has 0 spiro atoms. The quantitative estimate of drug-likeness (QED) is 0.629. The smallest absolute Gasteiger partial charge is 0.254 e. The van der Waals surface area contributed by atoms with E-state index in [1.54, 1.807) is 0 Å². The molecule has 1 aromatic rings. The van der Waals surface area contributed by atoms with Crippen molar-refractivity contribution in [1.29, 1.82) is 0 Å².